The smallest absolute Gasteiger partial charge is 0.238 e. The molecule has 0 aliphatic carbocycles. The summed E-state index contributed by atoms with van der Waals surface area (Å²) in [5, 5.41) is 0. The van der Waals surface area contributed by atoms with Crippen LogP contribution in [0.15, 0.2) is 27.6 Å². The number of hydrogen-bond acceptors (Lipinski definition) is 3. The van der Waals surface area contributed by atoms with Crippen molar-refractivity contribution >= 4 is 44.7 Å². The van der Waals surface area contributed by atoms with Crippen molar-refractivity contribution in [1.82, 2.24) is 0 Å². The van der Waals surface area contributed by atoms with Crippen molar-refractivity contribution in [3.63, 3.8) is 0 Å². The lowest BCUT2D eigenvalue weighted by Crippen LogP contribution is -1.93. The van der Waals surface area contributed by atoms with Gasteiger partial charge in [0.1, 0.15) is 0 Å². The largest absolute Gasteiger partial charge is 0.399 e. The Morgan fingerprint density at radius 2 is 1.92 bits per heavy atom. The molecule has 1 aromatic rings. The van der Waals surface area contributed by atoms with Crippen molar-refractivity contribution < 1.29 is 8.42 Å². The molecule has 2 N–H and O–H groups in total. The lowest BCUT2D eigenvalue weighted by atomic mass is 10.3. The molecule has 0 atom stereocenters. The van der Waals surface area contributed by atoms with E-state index in [1.807, 2.05) is 0 Å². The highest BCUT2D eigenvalue weighted by molar-refractivity contribution is 9.47. The van der Waals surface area contributed by atoms with Crippen LogP contribution in [0.1, 0.15) is 0 Å². The summed E-state index contributed by atoms with van der Waals surface area (Å²) >= 11 is 5.66. The molecule has 0 aliphatic heterocycles. The summed E-state index contributed by atoms with van der Waals surface area (Å²) in [7, 11) is -3.34. The summed E-state index contributed by atoms with van der Waals surface area (Å²) in [6, 6.07) is 4.50. The van der Waals surface area contributed by atoms with Gasteiger partial charge < -0.3 is 5.73 Å². The van der Waals surface area contributed by atoms with Gasteiger partial charge in [-0.25, -0.2) is 8.42 Å². The monoisotopic (exact) mass is 313 g/mol. The van der Waals surface area contributed by atoms with Crippen LogP contribution in [0.3, 0.4) is 0 Å². The predicted molar refractivity (Wildman–Crippen MR) is 54.7 cm³/mol. The standard InChI is InChI=1S/C6H5Br2NO2S/c7-5-3-4(9)1-2-6(5)12(8,10)11/h1-3H,9H2. The van der Waals surface area contributed by atoms with Gasteiger partial charge in [0, 0.05) is 10.2 Å². The number of rotatable bonds is 1. The summed E-state index contributed by atoms with van der Waals surface area (Å²) in [6.07, 6.45) is 0. The molecule has 6 heteroatoms. The Hall–Kier alpha value is -0.0700. The Balaban J connectivity index is 3.39. The number of nitrogen functional groups attached to an aromatic ring is 1. The van der Waals surface area contributed by atoms with Crippen molar-refractivity contribution in [2.75, 3.05) is 5.73 Å². The van der Waals surface area contributed by atoms with Crippen LogP contribution in [0.2, 0.25) is 0 Å². The molecule has 66 valence electrons. The van der Waals surface area contributed by atoms with Gasteiger partial charge in [-0.1, -0.05) is 0 Å². The minimum absolute atomic E-state index is 0.178. The van der Waals surface area contributed by atoms with Crippen molar-refractivity contribution in [2.24, 2.45) is 0 Å². The maximum absolute atomic E-state index is 11.0. The second-order valence-electron chi connectivity index (χ2n) is 2.13. The van der Waals surface area contributed by atoms with E-state index in [-0.39, 0.29) is 4.90 Å². The molecule has 0 aromatic heterocycles. The summed E-state index contributed by atoms with van der Waals surface area (Å²) in [5.74, 6) is 0. The average Bonchev–Trinajstić information content (AvgIpc) is 1.83. The molecule has 0 radical (unpaired) electrons. The zero-order chi connectivity index (χ0) is 9.35. The molecule has 0 spiro atoms. The van der Waals surface area contributed by atoms with Crippen LogP contribution >= 0.6 is 30.7 Å². The van der Waals surface area contributed by atoms with Crippen LogP contribution in [0, 0.1) is 0 Å². The van der Waals surface area contributed by atoms with Gasteiger partial charge in [0.25, 0.3) is 0 Å². The van der Waals surface area contributed by atoms with Gasteiger partial charge in [-0.2, -0.15) is 0 Å². The highest BCUT2D eigenvalue weighted by Crippen LogP contribution is 2.27. The van der Waals surface area contributed by atoms with E-state index in [4.69, 9.17) is 5.73 Å². The molecule has 0 heterocycles. The van der Waals surface area contributed by atoms with E-state index in [9.17, 15) is 8.42 Å². The lowest BCUT2D eigenvalue weighted by molar-refractivity contribution is 0.611. The topological polar surface area (TPSA) is 60.2 Å². The molecular weight excluding hydrogens is 310 g/mol. The van der Waals surface area contributed by atoms with E-state index >= 15 is 0 Å². The van der Waals surface area contributed by atoms with Crippen molar-refractivity contribution in [2.45, 2.75) is 4.90 Å². The number of benzene rings is 1. The first-order valence-corrected chi connectivity index (χ1v) is 7.03. The van der Waals surface area contributed by atoms with Gasteiger partial charge in [-0.3, -0.25) is 0 Å². The number of hydrogen-bond donors (Lipinski definition) is 1. The molecule has 0 unspecified atom stereocenters. The number of nitrogens with two attached hydrogens (primary N) is 1. The first-order valence-electron chi connectivity index (χ1n) is 2.91. The van der Waals surface area contributed by atoms with Crippen molar-refractivity contribution in [3.05, 3.63) is 22.7 Å². The summed E-state index contributed by atoms with van der Waals surface area (Å²) in [6.45, 7) is 0. The van der Waals surface area contributed by atoms with Gasteiger partial charge in [0.15, 0.2) is 0 Å². The molecule has 0 aliphatic rings. The fourth-order valence-electron chi connectivity index (χ4n) is 0.715. The van der Waals surface area contributed by atoms with E-state index in [2.05, 4.69) is 30.7 Å². The maximum atomic E-state index is 11.0. The van der Waals surface area contributed by atoms with Crippen LogP contribution in [-0.2, 0) is 8.27 Å². The number of anilines is 1. The molecular formula is C6H5Br2NO2S. The fraction of sp³-hybridized carbons (Fsp3) is 0. The lowest BCUT2D eigenvalue weighted by Gasteiger charge is -2.00. The predicted octanol–water partition coefficient (Wildman–Crippen LogP) is 2.11. The van der Waals surface area contributed by atoms with E-state index in [1.165, 1.54) is 18.2 Å². The fourth-order valence-corrected chi connectivity index (χ4v) is 3.77. The van der Waals surface area contributed by atoms with E-state index in [1.54, 1.807) is 0 Å². The van der Waals surface area contributed by atoms with Crippen molar-refractivity contribution in [1.29, 1.82) is 0 Å². The molecule has 12 heavy (non-hydrogen) atoms. The van der Waals surface area contributed by atoms with Crippen LogP contribution in [-0.4, -0.2) is 8.42 Å². The van der Waals surface area contributed by atoms with Crippen LogP contribution in [0.4, 0.5) is 5.69 Å². The highest BCUT2D eigenvalue weighted by Gasteiger charge is 2.12. The van der Waals surface area contributed by atoms with Crippen LogP contribution in [0.5, 0.6) is 0 Å². The Labute approximate surface area is 86.2 Å². The Morgan fingerprint density at radius 3 is 2.33 bits per heavy atom. The minimum atomic E-state index is -3.34. The van der Waals surface area contributed by atoms with Crippen LogP contribution < -0.4 is 5.73 Å². The summed E-state index contributed by atoms with van der Waals surface area (Å²) in [5.41, 5.74) is 5.95. The van der Waals surface area contributed by atoms with Gasteiger partial charge in [0.2, 0.25) is 8.27 Å². The third kappa shape index (κ3) is 2.21. The summed E-state index contributed by atoms with van der Waals surface area (Å²) < 4.78 is 22.5. The third-order valence-electron chi connectivity index (χ3n) is 1.22. The van der Waals surface area contributed by atoms with Gasteiger partial charge in [-0.05, 0) is 34.1 Å². The first-order chi connectivity index (χ1) is 5.41. The van der Waals surface area contributed by atoms with Crippen LogP contribution in [0.25, 0.3) is 0 Å². The Bertz CT molecular complexity index is 402. The molecule has 0 amide bonds. The quantitative estimate of drug-likeness (QED) is 0.638. The minimum Gasteiger partial charge on any atom is -0.399 e. The Kier molecular flexibility index (Phi) is 2.80. The molecule has 0 saturated carbocycles. The second kappa shape index (κ2) is 3.35. The molecule has 0 saturated heterocycles. The zero-order valence-corrected chi connectivity index (χ0v) is 9.78. The molecule has 0 fully saturated rings. The summed E-state index contributed by atoms with van der Waals surface area (Å²) in [4.78, 5) is 0.178. The van der Waals surface area contributed by atoms with Gasteiger partial charge >= 0.3 is 0 Å². The van der Waals surface area contributed by atoms with E-state index < -0.39 is 8.27 Å². The normalized spacial score (nSPS) is 11.5. The Morgan fingerprint density at radius 1 is 1.33 bits per heavy atom. The average molecular weight is 315 g/mol. The molecule has 1 rings (SSSR count). The van der Waals surface area contributed by atoms with Gasteiger partial charge in [0.05, 0.1) is 19.7 Å². The number of halogens is 2. The maximum Gasteiger partial charge on any atom is 0.238 e. The molecule has 3 nitrogen and oxygen atoms in total. The zero-order valence-electron chi connectivity index (χ0n) is 5.79. The van der Waals surface area contributed by atoms with E-state index in [0.29, 0.717) is 10.2 Å². The molecule has 1 aromatic carbocycles. The van der Waals surface area contributed by atoms with E-state index in [0.717, 1.165) is 0 Å². The SMILES string of the molecule is Nc1ccc(S(=O)(=O)Br)c(Br)c1. The first kappa shape index (κ1) is 10.0. The molecule has 0 bridgehead atoms. The highest BCUT2D eigenvalue weighted by atomic mass is 79.9. The second-order valence-corrected chi connectivity index (χ2v) is 6.85. The van der Waals surface area contributed by atoms with Gasteiger partial charge in [-0.15, -0.1) is 0 Å². The van der Waals surface area contributed by atoms with Crippen molar-refractivity contribution in [3.8, 4) is 0 Å². The third-order valence-corrected chi connectivity index (χ3v) is 4.06.